The van der Waals surface area contributed by atoms with Gasteiger partial charge in [-0.05, 0) is 17.7 Å². The zero-order chi connectivity index (χ0) is 12.8. The molecule has 0 spiro atoms. The quantitative estimate of drug-likeness (QED) is 0.763. The summed E-state index contributed by atoms with van der Waals surface area (Å²) in [6.07, 6.45) is -1.90. The fourth-order valence-corrected chi connectivity index (χ4v) is 1.32. The van der Waals surface area contributed by atoms with Crippen LogP contribution in [0.4, 0.5) is 4.79 Å². The van der Waals surface area contributed by atoms with E-state index in [1.165, 1.54) is 0 Å². The number of amides is 2. The van der Waals surface area contributed by atoms with E-state index < -0.39 is 18.1 Å². The molecule has 6 nitrogen and oxygen atoms in total. The van der Waals surface area contributed by atoms with E-state index in [0.717, 1.165) is 5.56 Å². The molecule has 0 radical (unpaired) electrons. The number of rotatable bonds is 5. The fourth-order valence-electron chi connectivity index (χ4n) is 1.32. The van der Waals surface area contributed by atoms with Crippen LogP contribution < -0.4 is 16.2 Å². The van der Waals surface area contributed by atoms with Crippen LogP contribution in [-0.2, 0) is 16.0 Å². The third-order valence-electron chi connectivity index (χ3n) is 2.16. The van der Waals surface area contributed by atoms with Crippen molar-refractivity contribution in [3.63, 3.8) is 0 Å². The van der Waals surface area contributed by atoms with Crippen molar-refractivity contribution in [2.24, 2.45) is 11.5 Å². The molecule has 4 N–H and O–H groups in total. The van der Waals surface area contributed by atoms with E-state index in [2.05, 4.69) is 4.74 Å². The van der Waals surface area contributed by atoms with Crippen molar-refractivity contribution in [1.29, 1.82) is 0 Å². The maximum atomic E-state index is 11.0. The number of hydrogen-bond donors (Lipinski definition) is 2. The number of hydrogen-bond acceptors (Lipinski definition) is 4. The molecular formula is C11H14N2O4. The molecule has 17 heavy (non-hydrogen) atoms. The lowest BCUT2D eigenvalue weighted by Gasteiger charge is -2.13. The van der Waals surface area contributed by atoms with Crippen molar-refractivity contribution in [2.75, 3.05) is 7.11 Å². The molecule has 0 aliphatic heterocycles. The Hall–Kier alpha value is -2.24. The van der Waals surface area contributed by atoms with Crippen LogP contribution in [0.5, 0.6) is 5.75 Å². The lowest BCUT2D eigenvalue weighted by Crippen LogP contribution is -2.36. The van der Waals surface area contributed by atoms with E-state index >= 15 is 0 Å². The number of carbonyl (C=O) groups excluding carboxylic acids is 2. The molecule has 0 fully saturated rings. The van der Waals surface area contributed by atoms with Gasteiger partial charge < -0.3 is 20.9 Å². The van der Waals surface area contributed by atoms with Gasteiger partial charge in [0.1, 0.15) is 5.75 Å². The highest BCUT2D eigenvalue weighted by atomic mass is 16.6. The summed E-state index contributed by atoms with van der Waals surface area (Å²) in [7, 11) is 1.55. The Morgan fingerprint density at radius 1 is 1.24 bits per heavy atom. The Labute approximate surface area is 98.5 Å². The third kappa shape index (κ3) is 4.02. The first-order chi connectivity index (χ1) is 8.02. The van der Waals surface area contributed by atoms with Gasteiger partial charge in [-0.2, -0.15) is 0 Å². The normalized spacial score (nSPS) is 11.6. The second-order valence-electron chi connectivity index (χ2n) is 3.38. The second kappa shape index (κ2) is 5.74. The average Bonchev–Trinajstić information content (AvgIpc) is 2.28. The largest absolute Gasteiger partial charge is 0.497 e. The van der Waals surface area contributed by atoms with Crippen molar-refractivity contribution < 1.29 is 19.1 Å². The molecular weight excluding hydrogens is 224 g/mol. The standard InChI is InChI=1S/C11H14N2O4/c1-16-8-4-2-7(3-5-8)6-9(10(12)14)17-11(13)15/h2-5,9H,6H2,1H3,(H2,12,14)(H2,13,15). The Bertz CT molecular complexity index is 402. The predicted octanol–water partition coefficient (Wildman–Crippen LogP) is 0.187. The van der Waals surface area contributed by atoms with E-state index in [9.17, 15) is 9.59 Å². The van der Waals surface area contributed by atoms with Gasteiger partial charge in [-0.3, -0.25) is 4.79 Å². The molecule has 1 aromatic carbocycles. The van der Waals surface area contributed by atoms with Gasteiger partial charge in [0.25, 0.3) is 5.91 Å². The van der Waals surface area contributed by atoms with Crippen LogP contribution in [0.1, 0.15) is 5.56 Å². The molecule has 6 heteroatoms. The molecule has 92 valence electrons. The van der Waals surface area contributed by atoms with Gasteiger partial charge in [0.15, 0.2) is 6.10 Å². The zero-order valence-corrected chi connectivity index (χ0v) is 9.38. The maximum absolute atomic E-state index is 11.0. The summed E-state index contributed by atoms with van der Waals surface area (Å²) < 4.78 is 9.59. The summed E-state index contributed by atoms with van der Waals surface area (Å²) in [5.41, 5.74) is 10.7. The molecule has 0 aliphatic carbocycles. The van der Waals surface area contributed by atoms with E-state index in [0.29, 0.717) is 5.75 Å². The summed E-state index contributed by atoms with van der Waals surface area (Å²) in [5.74, 6) is -0.0418. The van der Waals surface area contributed by atoms with Gasteiger partial charge in [-0.15, -0.1) is 0 Å². The number of carbonyl (C=O) groups is 2. The van der Waals surface area contributed by atoms with Gasteiger partial charge >= 0.3 is 6.09 Å². The fraction of sp³-hybridized carbons (Fsp3) is 0.273. The van der Waals surface area contributed by atoms with Crippen LogP contribution in [-0.4, -0.2) is 25.2 Å². The van der Waals surface area contributed by atoms with Crippen molar-refractivity contribution >= 4 is 12.0 Å². The summed E-state index contributed by atoms with van der Waals surface area (Å²) in [6.45, 7) is 0. The first-order valence-corrected chi connectivity index (χ1v) is 4.91. The topological polar surface area (TPSA) is 105 Å². The molecule has 1 rings (SSSR count). The van der Waals surface area contributed by atoms with Crippen LogP contribution in [0.15, 0.2) is 24.3 Å². The third-order valence-corrected chi connectivity index (χ3v) is 2.16. The predicted molar refractivity (Wildman–Crippen MR) is 60.3 cm³/mol. The highest BCUT2D eigenvalue weighted by Crippen LogP contribution is 2.13. The Morgan fingerprint density at radius 3 is 2.24 bits per heavy atom. The molecule has 2 amide bonds. The van der Waals surface area contributed by atoms with Crippen molar-refractivity contribution in [2.45, 2.75) is 12.5 Å². The first kappa shape index (κ1) is 12.8. The molecule has 0 aliphatic rings. The van der Waals surface area contributed by atoms with Gasteiger partial charge in [0.2, 0.25) is 0 Å². The minimum atomic E-state index is -1.05. The summed E-state index contributed by atoms with van der Waals surface area (Å²) in [4.78, 5) is 21.6. The number of nitrogens with two attached hydrogens (primary N) is 2. The van der Waals surface area contributed by atoms with Crippen LogP contribution in [0.3, 0.4) is 0 Å². The van der Waals surface area contributed by atoms with Crippen LogP contribution in [0, 0.1) is 0 Å². The van der Waals surface area contributed by atoms with Gasteiger partial charge in [0.05, 0.1) is 7.11 Å². The van der Waals surface area contributed by atoms with Gasteiger partial charge in [-0.1, -0.05) is 12.1 Å². The molecule has 0 bridgehead atoms. The molecule has 1 atom stereocenters. The second-order valence-corrected chi connectivity index (χ2v) is 3.38. The minimum absolute atomic E-state index is 0.183. The number of methoxy groups -OCH3 is 1. The van der Waals surface area contributed by atoms with Crippen LogP contribution in [0.25, 0.3) is 0 Å². The Morgan fingerprint density at radius 2 is 1.82 bits per heavy atom. The highest BCUT2D eigenvalue weighted by Gasteiger charge is 2.19. The lowest BCUT2D eigenvalue weighted by atomic mass is 10.1. The van der Waals surface area contributed by atoms with Crippen molar-refractivity contribution in [1.82, 2.24) is 0 Å². The number of primary amides is 2. The summed E-state index contributed by atoms with van der Waals surface area (Å²) in [6, 6.07) is 6.97. The van der Waals surface area contributed by atoms with Gasteiger partial charge in [0, 0.05) is 6.42 Å². The molecule has 0 heterocycles. The summed E-state index contributed by atoms with van der Waals surface area (Å²) in [5, 5.41) is 0. The lowest BCUT2D eigenvalue weighted by molar-refractivity contribution is -0.126. The SMILES string of the molecule is COc1ccc(CC(OC(N)=O)C(N)=O)cc1. The monoisotopic (exact) mass is 238 g/mol. The van der Waals surface area contributed by atoms with Gasteiger partial charge in [-0.25, -0.2) is 4.79 Å². The zero-order valence-electron chi connectivity index (χ0n) is 9.38. The smallest absolute Gasteiger partial charge is 0.405 e. The Balaban J connectivity index is 2.71. The molecule has 1 unspecified atom stereocenters. The minimum Gasteiger partial charge on any atom is -0.497 e. The van der Waals surface area contributed by atoms with Crippen molar-refractivity contribution in [3.8, 4) is 5.75 Å². The van der Waals surface area contributed by atoms with E-state index in [4.69, 9.17) is 16.2 Å². The number of ether oxygens (including phenoxy) is 2. The maximum Gasteiger partial charge on any atom is 0.405 e. The molecule has 1 aromatic rings. The van der Waals surface area contributed by atoms with Crippen LogP contribution in [0.2, 0.25) is 0 Å². The average molecular weight is 238 g/mol. The van der Waals surface area contributed by atoms with Crippen LogP contribution >= 0.6 is 0 Å². The van der Waals surface area contributed by atoms with Crippen molar-refractivity contribution in [3.05, 3.63) is 29.8 Å². The Kier molecular flexibility index (Phi) is 4.33. The van der Waals surface area contributed by atoms with E-state index in [1.54, 1.807) is 31.4 Å². The molecule has 0 saturated carbocycles. The number of benzene rings is 1. The first-order valence-electron chi connectivity index (χ1n) is 4.91. The van der Waals surface area contributed by atoms with E-state index in [1.807, 2.05) is 0 Å². The summed E-state index contributed by atoms with van der Waals surface area (Å²) >= 11 is 0. The van der Waals surface area contributed by atoms with E-state index in [-0.39, 0.29) is 6.42 Å². The molecule has 0 aromatic heterocycles. The molecule has 0 saturated heterocycles. The highest BCUT2D eigenvalue weighted by molar-refractivity contribution is 5.81.